The van der Waals surface area contributed by atoms with E-state index in [2.05, 4.69) is 31.3 Å². The van der Waals surface area contributed by atoms with Crippen molar-refractivity contribution in [1.29, 1.82) is 0 Å². The van der Waals surface area contributed by atoms with Crippen molar-refractivity contribution in [3.8, 4) is 0 Å². The van der Waals surface area contributed by atoms with Gasteiger partial charge in [0.25, 0.3) is 0 Å². The summed E-state index contributed by atoms with van der Waals surface area (Å²) in [5.74, 6) is -0.0656. The van der Waals surface area contributed by atoms with Crippen molar-refractivity contribution in [2.24, 2.45) is 0 Å². The maximum atomic E-state index is 12.5. The van der Waals surface area contributed by atoms with Crippen molar-refractivity contribution in [2.45, 2.75) is 386 Å². The van der Waals surface area contributed by atoms with Gasteiger partial charge in [-0.15, -0.1) is 0 Å². The van der Waals surface area contributed by atoms with Crippen LogP contribution in [-0.2, 0) is 14.3 Å². The molecule has 0 aromatic heterocycles. The van der Waals surface area contributed by atoms with Crippen LogP contribution in [0.3, 0.4) is 0 Å². The van der Waals surface area contributed by atoms with Gasteiger partial charge >= 0.3 is 5.97 Å². The lowest BCUT2D eigenvalue weighted by Crippen LogP contribution is -2.45. The van der Waals surface area contributed by atoms with E-state index in [0.717, 1.165) is 44.9 Å². The predicted octanol–water partition coefficient (Wildman–Crippen LogP) is 21.4. The second-order valence-electron chi connectivity index (χ2n) is 23.2. The van der Waals surface area contributed by atoms with Crippen molar-refractivity contribution >= 4 is 11.9 Å². The number of carbonyl (C=O) groups excluding carboxylic acids is 2. The van der Waals surface area contributed by atoms with Crippen LogP contribution in [0.25, 0.3) is 0 Å². The average Bonchev–Trinajstić information content (AvgIpc) is 3.40. The molecule has 2 unspecified atom stereocenters. The van der Waals surface area contributed by atoms with Crippen LogP contribution in [0.4, 0.5) is 0 Å². The molecular weight excluding hydrogens is 911 g/mol. The molecule has 2 atom stereocenters. The van der Waals surface area contributed by atoms with Crippen LogP contribution in [-0.4, -0.2) is 47.4 Å². The zero-order valence-electron chi connectivity index (χ0n) is 50.1. The molecule has 0 saturated carbocycles. The SMILES string of the molecule is CCCCCCCCCCCCCCCCCCC/C=C/C(O)C(CO)NC(=O)CCCCCCCCC/C=C\CCCCCCCCCCOC(=O)CCCCCCCCCCCCCCCCCCCCC. The summed E-state index contributed by atoms with van der Waals surface area (Å²) in [6.45, 7) is 4.93. The molecule has 3 N–H and O–H groups in total. The monoisotopic (exact) mass is 1040 g/mol. The lowest BCUT2D eigenvalue weighted by Gasteiger charge is -2.20. The Kier molecular flexibility index (Phi) is 62.4. The largest absolute Gasteiger partial charge is 0.466 e. The van der Waals surface area contributed by atoms with Crippen LogP contribution in [0.2, 0.25) is 0 Å². The van der Waals surface area contributed by atoms with Gasteiger partial charge in [-0.05, 0) is 57.8 Å². The highest BCUT2D eigenvalue weighted by Gasteiger charge is 2.18. The Hall–Kier alpha value is -1.66. The number of amides is 1. The molecule has 0 aliphatic carbocycles. The van der Waals surface area contributed by atoms with Gasteiger partial charge in [-0.1, -0.05) is 327 Å². The number of hydrogen-bond donors (Lipinski definition) is 3. The number of unbranched alkanes of at least 4 members (excludes halogenated alkanes) is 50. The van der Waals surface area contributed by atoms with E-state index in [1.807, 2.05) is 6.08 Å². The zero-order valence-corrected chi connectivity index (χ0v) is 50.1. The van der Waals surface area contributed by atoms with Crippen LogP contribution in [0.5, 0.6) is 0 Å². The standard InChI is InChI=1S/C68H131NO5/c1-3-5-7-9-11-13-15-17-19-21-24-28-32-36-40-44-48-52-56-60-66(71)65(64-70)69-67(72)61-57-53-49-45-41-37-33-29-26-23-27-31-35-39-43-47-51-55-59-63-74-68(73)62-58-54-50-46-42-38-34-30-25-22-20-18-16-14-12-10-8-6-4-2/h23,26,56,60,65-66,70-71H,3-22,24-25,27-55,57-59,61-64H2,1-2H3,(H,69,72)/b26-23-,60-56+. The third kappa shape index (κ3) is 59.6. The van der Waals surface area contributed by atoms with Gasteiger partial charge in [0.05, 0.1) is 25.4 Å². The van der Waals surface area contributed by atoms with Gasteiger partial charge in [-0.2, -0.15) is 0 Å². The molecule has 6 nitrogen and oxygen atoms in total. The van der Waals surface area contributed by atoms with E-state index in [1.54, 1.807) is 6.08 Å². The number of aliphatic hydroxyl groups excluding tert-OH is 2. The number of hydrogen-bond acceptors (Lipinski definition) is 5. The summed E-state index contributed by atoms with van der Waals surface area (Å²) in [5.41, 5.74) is 0. The minimum Gasteiger partial charge on any atom is -0.466 e. The first-order chi connectivity index (χ1) is 36.5. The molecule has 0 bridgehead atoms. The second kappa shape index (κ2) is 63.9. The van der Waals surface area contributed by atoms with Crippen LogP contribution in [0, 0.1) is 0 Å². The summed E-state index contributed by atoms with van der Waals surface area (Å²) in [7, 11) is 0. The van der Waals surface area contributed by atoms with E-state index in [0.29, 0.717) is 19.4 Å². The molecule has 0 saturated heterocycles. The number of allylic oxidation sites excluding steroid dienone is 3. The molecule has 0 heterocycles. The summed E-state index contributed by atoms with van der Waals surface area (Å²) in [6.07, 6.45) is 79.5. The van der Waals surface area contributed by atoms with E-state index >= 15 is 0 Å². The Bertz CT molecular complexity index is 1150. The van der Waals surface area contributed by atoms with Crippen molar-refractivity contribution in [3.05, 3.63) is 24.3 Å². The van der Waals surface area contributed by atoms with E-state index in [4.69, 9.17) is 4.74 Å². The Morgan fingerprint density at radius 3 is 0.959 bits per heavy atom. The number of carbonyl (C=O) groups is 2. The van der Waals surface area contributed by atoms with Crippen LogP contribution in [0.15, 0.2) is 24.3 Å². The van der Waals surface area contributed by atoms with Crippen molar-refractivity contribution in [1.82, 2.24) is 5.32 Å². The molecule has 0 spiro atoms. The molecule has 1 amide bonds. The topological polar surface area (TPSA) is 95.9 Å². The normalized spacial score (nSPS) is 12.6. The summed E-state index contributed by atoms with van der Waals surface area (Å²) < 4.78 is 5.50. The molecule has 0 rings (SSSR count). The highest BCUT2D eigenvalue weighted by molar-refractivity contribution is 5.76. The summed E-state index contributed by atoms with van der Waals surface area (Å²) in [5, 5.41) is 23.2. The fourth-order valence-electron chi connectivity index (χ4n) is 10.6. The van der Waals surface area contributed by atoms with Gasteiger partial charge in [0.15, 0.2) is 0 Å². The fourth-order valence-corrected chi connectivity index (χ4v) is 10.6. The van der Waals surface area contributed by atoms with Gasteiger partial charge in [-0.3, -0.25) is 9.59 Å². The third-order valence-corrected chi connectivity index (χ3v) is 15.7. The quantitative estimate of drug-likeness (QED) is 0.0320. The molecule has 74 heavy (non-hydrogen) atoms. The fraction of sp³-hybridized carbons (Fsp3) is 0.912. The summed E-state index contributed by atoms with van der Waals surface area (Å²) in [4.78, 5) is 24.6. The summed E-state index contributed by atoms with van der Waals surface area (Å²) >= 11 is 0. The van der Waals surface area contributed by atoms with E-state index in [9.17, 15) is 19.8 Å². The molecule has 0 radical (unpaired) electrons. The zero-order chi connectivity index (χ0) is 53.6. The van der Waals surface area contributed by atoms with Crippen LogP contribution in [0.1, 0.15) is 373 Å². The van der Waals surface area contributed by atoms with Gasteiger partial charge in [0, 0.05) is 12.8 Å². The Balaban J connectivity index is 3.43. The Morgan fingerprint density at radius 1 is 0.365 bits per heavy atom. The molecule has 0 fully saturated rings. The molecule has 0 aromatic rings. The minimum atomic E-state index is -0.851. The predicted molar refractivity (Wildman–Crippen MR) is 324 cm³/mol. The molecule has 0 aromatic carbocycles. The highest BCUT2D eigenvalue weighted by Crippen LogP contribution is 2.18. The molecule has 0 aliphatic heterocycles. The molecule has 438 valence electrons. The first kappa shape index (κ1) is 72.3. The van der Waals surface area contributed by atoms with Crippen LogP contribution >= 0.6 is 0 Å². The van der Waals surface area contributed by atoms with Gasteiger partial charge in [-0.25, -0.2) is 0 Å². The van der Waals surface area contributed by atoms with Crippen molar-refractivity contribution < 1.29 is 24.5 Å². The average molecular weight is 1040 g/mol. The lowest BCUT2D eigenvalue weighted by atomic mass is 10.0. The smallest absolute Gasteiger partial charge is 0.305 e. The molecular formula is C68H131NO5. The number of nitrogens with one attached hydrogen (secondary N) is 1. The van der Waals surface area contributed by atoms with Gasteiger partial charge in [0.1, 0.15) is 0 Å². The third-order valence-electron chi connectivity index (χ3n) is 15.7. The maximum absolute atomic E-state index is 12.5. The van der Waals surface area contributed by atoms with E-state index < -0.39 is 12.1 Å². The van der Waals surface area contributed by atoms with Crippen LogP contribution < -0.4 is 5.32 Å². The molecule has 0 aliphatic rings. The number of aliphatic hydroxyl groups is 2. The first-order valence-electron chi connectivity index (χ1n) is 33.6. The number of rotatable bonds is 63. The highest BCUT2D eigenvalue weighted by atomic mass is 16.5. The lowest BCUT2D eigenvalue weighted by molar-refractivity contribution is -0.143. The number of esters is 1. The van der Waals surface area contributed by atoms with Crippen molar-refractivity contribution in [2.75, 3.05) is 13.2 Å². The van der Waals surface area contributed by atoms with E-state index in [-0.39, 0.29) is 18.5 Å². The first-order valence-corrected chi connectivity index (χ1v) is 33.6. The Labute approximate surface area is 462 Å². The minimum absolute atomic E-state index is 0.00870. The van der Waals surface area contributed by atoms with Gasteiger partial charge in [0.2, 0.25) is 5.91 Å². The van der Waals surface area contributed by atoms with Gasteiger partial charge < -0.3 is 20.3 Å². The van der Waals surface area contributed by atoms with Crippen molar-refractivity contribution in [3.63, 3.8) is 0 Å². The second-order valence-corrected chi connectivity index (χ2v) is 23.2. The maximum Gasteiger partial charge on any atom is 0.305 e. The molecule has 6 heteroatoms. The van der Waals surface area contributed by atoms with E-state index in [1.165, 1.54) is 302 Å². The summed E-state index contributed by atoms with van der Waals surface area (Å²) in [6, 6.07) is -0.635. The number of ether oxygens (including phenoxy) is 1. The Morgan fingerprint density at radius 2 is 0.635 bits per heavy atom.